The van der Waals surface area contributed by atoms with Gasteiger partial charge in [-0.3, -0.25) is 0 Å². The second kappa shape index (κ2) is 6.02. The standard InChI is InChI=1S/C15H22N2O2S2/c1-10-9-13(7-8-14(10)15(16)20)21(18,19)17-11(2)5-4-6-12(17)3/h7-9,11-12H,4-6H2,1-3H3,(H2,16,20). The Kier molecular flexibility index (Phi) is 4.70. The van der Waals surface area contributed by atoms with Crippen molar-refractivity contribution in [3.63, 3.8) is 0 Å². The van der Waals surface area contributed by atoms with E-state index in [1.54, 1.807) is 22.5 Å². The zero-order valence-corrected chi connectivity index (χ0v) is 14.3. The van der Waals surface area contributed by atoms with E-state index in [0.29, 0.717) is 4.90 Å². The molecule has 1 aromatic carbocycles. The molecular weight excluding hydrogens is 304 g/mol. The number of nitrogens with two attached hydrogens (primary N) is 1. The fourth-order valence-electron chi connectivity index (χ4n) is 3.07. The molecule has 1 aromatic rings. The highest BCUT2D eigenvalue weighted by Crippen LogP contribution is 2.30. The van der Waals surface area contributed by atoms with Crippen LogP contribution in [0.3, 0.4) is 0 Å². The number of hydrogen-bond acceptors (Lipinski definition) is 3. The van der Waals surface area contributed by atoms with Crippen molar-refractivity contribution in [3.8, 4) is 0 Å². The van der Waals surface area contributed by atoms with Gasteiger partial charge in [0.05, 0.1) is 4.90 Å². The van der Waals surface area contributed by atoms with Crippen molar-refractivity contribution in [1.29, 1.82) is 0 Å². The lowest BCUT2D eigenvalue weighted by Crippen LogP contribution is -2.47. The van der Waals surface area contributed by atoms with Gasteiger partial charge in [0.25, 0.3) is 0 Å². The third-order valence-corrected chi connectivity index (χ3v) is 6.50. The maximum atomic E-state index is 12.9. The number of sulfonamides is 1. The summed E-state index contributed by atoms with van der Waals surface area (Å²) in [7, 11) is -3.48. The van der Waals surface area contributed by atoms with Crippen LogP contribution in [0.2, 0.25) is 0 Å². The van der Waals surface area contributed by atoms with Gasteiger partial charge in [-0.15, -0.1) is 0 Å². The molecular formula is C15H22N2O2S2. The molecule has 0 radical (unpaired) electrons. The summed E-state index contributed by atoms with van der Waals surface area (Å²) in [6.07, 6.45) is 2.90. The summed E-state index contributed by atoms with van der Waals surface area (Å²) in [5, 5.41) is 0. The van der Waals surface area contributed by atoms with Crippen molar-refractivity contribution >= 4 is 27.2 Å². The van der Waals surface area contributed by atoms with Gasteiger partial charge in [-0.05, 0) is 51.3 Å². The van der Waals surface area contributed by atoms with E-state index in [9.17, 15) is 8.42 Å². The highest BCUT2D eigenvalue weighted by Gasteiger charge is 2.35. The monoisotopic (exact) mass is 326 g/mol. The molecule has 116 valence electrons. The molecule has 1 aliphatic heterocycles. The zero-order chi connectivity index (χ0) is 15.8. The van der Waals surface area contributed by atoms with Crippen molar-refractivity contribution in [2.45, 2.75) is 57.0 Å². The van der Waals surface area contributed by atoms with Crippen molar-refractivity contribution in [2.75, 3.05) is 0 Å². The first-order chi connectivity index (χ1) is 9.75. The fourth-order valence-corrected chi connectivity index (χ4v) is 5.26. The van der Waals surface area contributed by atoms with Crippen LogP contribution in [0.15, 0.2) is 23.1 Å². The summed E-state index contributed by atoms with van der Waals surface area (Å²) in [4.78, 5) is 0.608. The van der Waals surface area contributed by atoms with Crippen molar-refractivity contribution in [2.24, 2.45) is 5.73 Å². The normalized spacial score (nSPS) is 24.0. The van der Waals surface area contributed by atoms with Crippen LogP contribution in [0.25, 0.3) is 0 Å². The third kappa shape index (κ3) is 3.12. The van der Waals surface area contributed by atoms with Gasteiger partial charge in [-0.25, -0.2) is 8.42 Å². The largest absolute Gasteiger partial charge is 0.389 e. The van der Waals surface area contributed by atoms with E-state index in [4.69, 9.17) is 18.0 Å². The molecule has 0 aliphatic carbocycles. The smallest absolute Gasteiger partial charge is 0.243 e. The molecule has 1 saturated heterocycles. The van der Waals surface area contributed by atoms with Crippen LogP contribution >= 0.6 is 12.2 Å². The van der Waals surface area contributed by atoms with E-state index in [0.717, 1.165) is 30.4 Å². The van der Waals surface area contributed by atoms with Gasteiger partial charge >= 0.3 is 0 Å². The van der Waals surface area contributed by atoms with Gasteiger partial charge in [0.2, 0.25) is 10.0 Å². The highest BCUT2D eigenvalue weighted by atomic mass is 32.2. The maximum absolute atomic E-state index is 12.9. The molecule has 2 unspecified atom stereocenters. The first kappa shape index (κ1) is 16.4. The fraction of sp³-hybridized carbons (Fsp3) is 0.533. The Balaban J connectivity index is 2.44. The van der Waals surface area contributed by atoms with Crippen LogP contribution in [-0.4, -0.2) is 29.8 Å². The van der Waals surface area contributed by atoms with Crippen LogP contribution in [0, 0.1) is 6.92 Å². The maximum Gasteiger partial charge on any atom is 0.243 e. The molecule has 2 rings (SSSR count). The van der Waals surface area contributed by atoms with Gasteiger partial charge < -0.3 is 5.73 Å². The van der Waals surface area contributed by atoms with E-state index in [-0.39, 0.29) is 17.1 Å². The second-order valence-corrected chi connectivity index (χ2v) is 8.09. The lowest BCUT2D eigenvalue weighted by Gasteiger charge is -2.37. The number of thiocarbonyl (C=S) groups is 1. The van der Waals surface area contributed by atoms with E-state index in [1.165, 1.54) is 0 Å². The van der Waals surface area contributed by atoms with Gasteiger partial charge in [-0.1, -0.05) is 24.7 Å². The van der Waals surface area contributed by atoms with E-state index in [1.807, 2.05) is 20.8 Å². The number of hydrogen-bond donors (Lipinski definition) is 1. The highest BCUT2D eigenvalue weighted by molar-refractivity contribution is 7.89. The van der Waals surface area contributed by atoms with Gasteiger partial charge in [0.1, 0.15) is 4.99 Å². The number of rotatable bonds is 3. The van der Waals surface area contributed by atoms with Crippen molar-refractivity contribution in [1.82, 2.24) is 4.31 Å². The first-order valence-corrected chi connectivity index (χ1v) is 9.04. The predicted octanol–water partition coefficient (Wildman–Crippen LogP) is 2.58. The topological polar surface area (TPSA) is 63.4 Å². The predicted molar refractivity (Wildman–Crippen MR) is 88.9 cm³/mol. The summed E-state index contributed by atoms with van der Waals surface area (Å²) in [6, 6.07) is 5.04. The Morgan fingerprint density at radius 3 is 2.33 bits per heavy atom. The summed E-state index contributed by atoms with van der Waals surface area (Å²) < 4.78 is 27.5. The first-order valence-electron chi connectivity index (χ1n) is 7.19. The van der Waals surface area contributed by atoms with Crippen LogP contribution in [0.1, 0.15) is 44.2 Å². The van der Waals surface area contributed by atoms with Crippen LogP contribution in [-0.2, 0) is 10.0 Å². The van der Waals surface area contributed by atoms with Crippen molar-refractivity contribution in [3.05, 3.63) is 29.3 Å². The lowest BCUT2D eigenvalue weighted by atomic mass is 10.0. The molecule has 0 aromatic heterocycles. The molecule has 0 saturated carbocycles. The molecule has 2 N–H and O–H groups in total. The van der Waals surface area contributed by atoms with Crippen LogP contribution < -0.4 is 5.73 Å². The summed E-state index contributed by atoms with van der Waals surface area (Å²) in [5.74, 6) is 0. The Hall–Kier alpha value is -0.980. The number of nitrogens with zero attached hydrogens (tertiary/aromatic N) is 1. The van der Waals surface area contributed by atoms with E-state index < -0.39 is 10.0 Å². The third-order valence-electron chi connectivity index (χ3n) is 4.15. The minimum Gasteiger partial charge on any atom is -0.389 e. The Bertz CT molecular complexity index is 646. The molecule has 21 heavy (non-hydrogen) atoms. The minimum absolute atomic E-state index is 0.0364. The molecule has 4 nitrogen and oxygen atoms in total. The number of piperidine rings is 1. The number of aryl methyl sites for hydroxylation is 1. The van der Waals surface area contributed by atoms with E-state index >= 15 is 0 Å². The lowest BCUT2D eigenvalue weighted by molar-refractivity contribution is 0.204. The van der Waals surface area contributed by atoms with Crippen molar-refractivity contribution < 1.29 is 8.42 Å². The molecule has 1 fully saturated rings. The molecule has 2 atom stereocenters. The summed E-state index contributed by atoms with van der Waals surface area (Å²) in [6.45, 7) is 5.78. The summed E-state index contributed by atoms with van der Waals surface area (Å²) in [5.41, 5.74) is 7.15. The van der Waals surface area contributed by atoms with Gasteiger partial charge in [0.15, 0.2) is 0 Å². The minimum atomic E-state index is -3.48. The molecule has 1 heterocycles. The Morgan fingerprint density at radius 2 is 1.86 bits per heavy atom. The molecule has 0 bridgehead atoms. The molecule has 0 spiro atoms. The van der Waals surface area contributed by atoms with Crippen LogP contribution in [0.4, 0.5) is 0 Å². The molecule has 6 heteroatoms. The van der Waals surface area contributed by atoms with Gasteiger partial charge in [0, 0.05) is 17.6 Å². The van der Waals surface area contributed by atoms with Crippen LogP contribution in [0.5, 0.6) is 0 Å². The molecule has 1 aliphatic rings. The van der Waals surface area contributed by atoms with Gasteiger partial charge in [-0.2, -0.15) is 4.31 Å². The van der Waals surface area contributed by atoms with E-state index in [2.05, 4.69) is 0 Å². The molecule has 0 amide bonds. The average Bonchev–Trinajstić information content (AvgIpc) is 2.37. The SMILES string of the molecule is Cc1cc(S(=O)(=O)N2C(C)CCCC2C)ccc1C(N)=S. The zero-order valence-electron chi connectivity index (χ0n) is 12.7. The second-order valence-electron chi connectivity index (χ2n) is 5.80. The Labute approximate surface area is 132 Å². The average molecular weight is 326 g/mol. The number of benzene rings is 1. The summed E-state index contributed by atoms with van der Waals surface area (Å²) >= 11 is 4.97. The Morgan fingerprint density at radius 1 is 1.29 bits per heavy atom. The quantitative estimate of drug-likeness (QED) is 0.867.